The molecule has 0 radical (unpaired) electrons. The maximum absolute atomic E-state index is 13.8. The Kier molecular flexibility index (Phi) is 7.34. The summed E-state index contributed by atoms with van der Waals surface area (Å²) in [6.07, 6.45) is 0. The van der Waals surface area contributed by atoms with Crippen molar-refractivity contribution in [1.82, 2.24) is 9.80 Å². The van der Waals surface area contributed by atoms with Gasteiger partial charge in [-0.25, -0.2) is 4.39 Å². The smallest absolute Gasteiger partial charge is 0.265 e. The molecule has 1 aliphatic heterocycles. The van der Waals surface area contributed by atoms with Crippen LogP contribution in [0.15, 0.2) is 60.0 Å². The lowest BCUT2D eigenvalue weighted by atomic mass is 10.1. The van der Waals surface area contributed by atoms with Gasteiger partial charge in [-0.1, -0.05) is 12.1 Å². The SMILES string of the molecule is Cc1ccc(C(=O)N2CCN(CC(=O)Nc3ccc(NC(=O)c4cccs4)cc3)CC2)cc1F. The summed E-state index contributed by atoms with van der Waals surface area (Å²) in [6.45, 7) is 3.92. The van der Waals surface area contributed by atoms with E-state index in [4.69, 9.17) is 0 Å². The van der Waals surface area contributed by atoms with E-state index in [0.717, 1.165) is 0 Å². The van der Waals surface area contributed by atoms with Gasteiger partial charge in [0, 0.05) is 43.1 Å². The molecule has 4 rings (SSSR count). The second-order valence-corrected chi connectivity index (χ2v) is 9.04. The van der Waals surface area contributed by atoms with Gasteiger partial charge in [0.1, 0.15) is 5.82 Å². The zero-order valence-electron chi connectivity index (χ0n) is 18.7. The van der Waals surface area contributed by atoms with Crippen LogP contribution in [0.2, 0.25) is 0 Å². The van der Waals surface area contributed by atoms with E-state index in [1.54, 1.807) is 54.3 Å². The second kappa shape index (κ2) is 10.6. The van der Waals surface area contributed by atoms with Gasteiger partial charge in [0.2, 0.25) is 5.91 Å². The molecule has 3 amide bonds. The molecule has 0 saturated carbocycles. The molecule has 1 aromatic heterocycles. The molecule has 0 unspecified atom stereocenters. The molecule has 34 heavy (non-hydrogen) atoms. The lowest BCUT2D eigenvalue weighted by Crippen LogP contribution is -2.50. The van der Waals surface area contributed by atoms with Gasteiger partial charge in [-0.15, -0.1) is 11.3 Å². The van der Waals surface area contributed by atoms with Crippen molar-refractivity contribution < 1.29 is 18.8 Å². The summed E-state index contributed by atoms with van der Waals surface area (Å²) in [5.74, 6) is -0.916. The molecule has 0 bridgehead atoms. The molecule has 1 aliphatic rings. The van der Waals surface area contributed by atoms with E-state index in [0.29, 0.717) is 53.6 Å². The molecule has 2 aromatic carbocycles. The molecule has 0 atom stereocenters. The maximum Gasteiger partial charge on any atom is 0.265 e. The van der Waals surface area contributed by atoms with Crippen LogP contribution < -0.4 is 10.6 Å². The monoisotopic (exact) mass is 480 g/mol. The summed E-state index contributed by atoms with van der Waals surface area (Å²) in [5, 5.41) is 7.52. The number of nitrogens with zero attached hydrogens (tertiary/aromatic N) is 2. The topological polar surface area (TPSA) is 81.8 Å². The van der Waals surface area contributed by atoms with Gasteiger partial charge >= 0.3 is 0 Å². The van der Waals surface area contributed by atoms with Crippen LogP contribution in [0.4, 0.5) is 15.8 Å². The molecular weight excluding hydrogens is 455 g/mol. The maximum atomic E-state index is 13.8. The number of hydrogen-bond acceptors (Lipinski definition) is 5. The van der Waals surface area contributed by atoms with Gasteiger partial charge in [0.25, 0.3) is 11.8 Å². The highest BCUT2D eigenvalue weighted by atomic mass is 32.1. The minimum atomic E-state index is -0.390. The number of halogens is 1. The summed E-state index contributed by atoms with van der Waals surface area (Å²) in [6, 6.07) is 15.0. The average Bonchev–Trinajstić information content (AvgIpc) is 3.37. The Morgan fingerprint density at radius 3 is 2.24 bits per heavy atom. The van der Waals surface area contributed by atoms with Crippen molar-refractivity contribution in [3.8, 4) is 0 Å². The highest BCUT2D eigenvalue weighted by Crippen LogP contribution is 2.17. The van der Waals surface area contributed by atoms with E-state index in [2.05, 4.69) is 10.6 Å². The number of carbonyl (C=O) groups is 3. The summed E-state index contributed by atoms with van der Waals surface area (Å²) in [7, 11) is 0. The first-order chi connectivity index (χ1) is 16.4. The molecule has 1 saturated heterocycles. The van der Waals surface area contributed by atoms with Crippen LogP contribution in [0.3, 0.4) is 0 Å². The van der Waals surface area contributed by atoms with E-state index in [-0.39, 0.29) is 30.1 Å². The lowest BCUT2D eigenvalue weighted by Gasteiger charge is -2.34. The predicted molar refractivity (Wildman–Crippen MR) is 131 cm³/mol. The fraction of sp³-hybridized carbons (Fsp3) is 0.240. The number of hydrogen-bond donors (Lipinski definition) is 2. The Bertz CT molecular complexity index is 1170. The Balaban J connectivity index is 1.23. The number of amides is 3. The quantitative estimate of drug-likeness (QED) is 0.562. The summed E-state index contributed by atoms with van der Waals surface area (Å²) in [5.41, 5.74) is 2.12. The van der Waals surface area contributed by atoms with Gasteiger partial charge in [0.15, 0.2) is 0 Å². The van der Waals surface area contributed by atoms with E-state index in [9.17, 15) is 18.8 Å². The summed E-state index contributed by atoms with van der Waals surface area (Å²) < 4.78 is 13.8. The van der Waals surface area contributed by atoms with Crippen molar-refractivity contribution in [3.05, 3.63) is 81.8 Å². The van der Waals surface area contributed by atoms with Gasteiger partial charge in [-0.05, 0) is 60.3 Å². The second-order valence-electron chi connectivity index (χ2n) is 8.09. The van der Waals surface area contributed by atoms with E-state index in [1.165, 1.54) is 17.4 Å². The summed E-state index contributed by atoms with van der Waals surface area (Å²) >= 11 is 1.37. The van der Waals surface area contributed by atoms with Crippen LogP contribution in [0.5, 0.6) is 0 Å². The molecule has 2 N–H and O–H groups in total. The van der Waals surface area contributed by atoms with E-state index >= 15 is 0 Å². The number of thiophene rings is 1. The predicted octanol–water partition coefficient (Wildman–Crippen LogP) is 3.84. The molecular formula is C25H25FN4O3S. The number of nitrogens with one attached hydrogen (secondary N) is 2. The first-order valence-electron chi connectivity index (χ1n) is 10.9. The summed E-state index contributed by atoms with van der Waals surface area (Å²) in [4.78, 5) is 41.5. The Labute approximate surface area is 201 Å². The molecule has 9 heteroatoms. The van der Waals surface area contributed by atoms with Crippen LogP contribution in [0.25, 0.3) is 0 Å². The van der Waals surface area contributed by atoms with Crippen LogP contribution in [0.1, 0.15) is 25.6 Å². The largest absolute Gasteiger partial charge is 0.336 e. The minimum absolute atomic E-state index is 0.157. The molecule has 176 valence electrons. The average molecular weight is 481 g/mol. The van der Waals surface area contributed by atoms with Crippen molar-refractivity contribution in [1.29, 1.82) is 0 Å². The fourth-order valence-electron chi connectivity index (χ4n) is 3.66. The Morgan fingerprint density at radius 1 is 0.941 bits per heavy atom. The molecule has 0 spiro atoms. The van der Waals surface area contributed by atoms with Crippen LogP contribution in [-0.4, -0.2) is 60.2 Å². The molecule has 0 aliphatic carbocycles. The normalized spacial score (nSPS) is 14.0. The van der Waals surface area contributed by atoms with Crippen molar-refractivity contribution in [3.63, 3.8) is 0 Å². The zero-order chi connectivity index (χ0) is 24.1. The van der Waals surface area contributed by atoms with Gasteiger partial charge in [0.05, 0.1) is 11.4 Å². The Hall–Kier alpha value is -3.56. The van der Waals surface area contributed by atoms with E-state index in [1.807, 2.05) is 16.3 Å². The van der Waals surface area contributed by atoms with E-state index < -0.39 is 0 Å². The number of aryl methyl sites for hydroxylation is 1. The minimum Gasteiger partial charge on any atom is -0.336 e. The molecule has 3 aromatic rings. The van der Waals surface area contributed by atoms with Gasteiger partial charge in [-0.3, -0.25) is 19.3 Å². The third-order valence-electron chi connectivity index (χ3n) is 5.62. The van der Waals surface area contributed by atoms with Gasteiger partial charge in [-0.2, -0.15) is 0 Å². The third-order valence-corrected chi connectivity index (χ3v) is 6.49. The first-order valence-corrected chi connectivity index (χ1v) is 11.8. The van der Waals surface area contributed by atoms with Crippen molar-refractivity contribution in [2.75, 3.05) is 43.4 Å². The number of benzene rings is 2. The highest BCUT2D eigenvalue weighted by Gasteiger charge is 2.23. The van der Waals surface area contributed by atoms with Crippen LogP contribution >= 0.6 is 11.3 Å². The first kappa shape index (κ1) is 23.6. The molecule has 7 nitrogen and oxygen atoms in total. The Morgan fingerprint density at radius 2 is 1.62 bits per heavy atom. The van der Waals surface area contributed by atoms with Crippen molar-refractivity contribution in [2.45, 2.75) is 6.92 Å². The van der Waals surface area contributed by atoms with Crippen LogP contribution in [0, 0.1) is 12.7 Å². The van der Waals surface area contributed by atoms with Crippen LogP contribution in [-0.2, 0) is 4.79 Å². The number of rotatable bonds is 6. The molecule has 1 fully saturated rings. The van der Waals surface area contributed by atoms with Gasteiger partial charge < -0.3 is 15.5 Å². The van der Waals surface area contributed by atoms with Crippen molar-refractivity contribution in [2.24, 2.45) is 0 Å². The standard InChI is InChI=1S/C25H25FN4O3S/c1-17-4-5-18(15-21(17)26)25(33)30-12-10-29(11-13-30)16-23(31)27-19-6-8-20(9-7-19)28-24(32)22-3-2-14-34-22/h2-9,14-15H,10-13,16H2,1H3,(H,27,31)(H,28,32). The number of anilines is 2. The molecule has 2 heterocycles. The number of carbonyl (C=O) groups excluding carboxylic acids is 3. The fourth-order valence-corrected chi connectivity index (χ4v) is 4.28. The van der Waals surface area contributed by atoms with Crippen molar-refractivity contribution >= 4 is 40.4 Å². The third kappa shape index (κ3) is 5.86. The highest BCUT2D eigenvalue weighted by molar-refractivity contribution is 7.12. The number of piperazine rings is 1. The zero-order valence-corrected chi connectivity index (χ0v) is 19.5. The lowest BCUT2D eigenvalue weighted by molar-refractivity contribution is -0.117.